The van der Waals surface area contributed by atoms with Crippen molar-refractivity contribution in [3.05, 3.63) is 59.9 Å². The van der Waals surface area contributed by atoms with Crippen LogP contribution < -0.4 is 15.6 Å². The van der Waals surface area contributed by atoms with Crippen LogP contribution in [0.3, 0.4) is 0 Å². The second-order valence-electron chi connectivity index (χ2n) is 7.16. The highest BCUT2D eigenvalue weighted by Crippen LogP contribution is 2.33. The van der Waals surface area contributed by atoms with Crippen LogP contribution in [-0.4, -0.2) is 27.7 Å². The van der Waals surface area contributed by atoms with E-state index >= 15 is 0 Å². The Balaban J connectivity index is 1.65. The van der Waals surface area contributed by atoms with Gasteiger partial charge in [-0.25, -0.2) is 0 Å². The first-order valence-corrected chi connectivity index (χ1v) is 9.48. The Labute approximate surface area is 176 Å². The fourth-order valence-electron chi connectivity index (χ4n) is 2.99. The second kappa shape index (κ2) is 8.66. The third-order valence-corrected chi connectivity index (χ3v) is 4.50. The quantitative estimate of drug-likeness (QED) is 0.597. The number of halogens is 3. The van der Waals surface area contributed by atoms with Gasteiger partial charge in [-0.05, 0) is 43.7 Å². The van der Waals surface area contributed by atoms with E-state index < -0.39 is 41.4 Å². The summed E-state index contributed by atoms with van der Waals surface area (Å²) in [6.07, 6.45) is -4.98. The number of carbonyl (C=O) groups excluding carboxylic acids is 2. The Morgan fingerprint density at radius 3 is 2.35 bits per heavy atom. The molecule has 0 aliphatic rings. The van der Waals surface area contributed by atoms with Crippen molar-refractivity contribution in [2.45, 2.75) is 39.1 Å². The average Bonchev–Trinajstić information content (AvgIpc) is 3.18. The van der Waals surface area contributed by atoms with Crippen LogP contribution in [0.15, 0.2) is 48.7 Å². The fraction of sp³-hybridized carbons (Fsp3) is 0.286. The van der Waals surface area contributed by atoms with Crippen LogP contribution in [0.4, 0.5) is 13.2 Å². The van der Waals surface area contributed by atoms with Gasteiger partial charge in [-0.1, -0.05) is 30.3 Å². The van der Waals surface area contributed by atoms with Gasteiger partial charge in [-0.2, -0.15) is 18.3 Å². The molecular weight excluding hydrogens is 413 g/mol. The molecule has 1 atom stereocenters. The lowest BCUT2D eigenvalue weighted by atomic mass is 10.1. The lowest BCUT2D eigenvalue weighted by Crippen LogP contribution is -2.47. The van der Waals surface area contributed by atoms with Crippen LogP contribution in [0, 0.1) is 0 Å². The summed E-state index contributed by atoms with van der Waals surface area (Å²) in [5, 5.41) is 5.57. The molecule has 0 saturated heterocycles. The summed E-state index contributed by atoms with van der Waals surface area (Å²) < 4.78 is 46.5. The number of hydrogen-bond acceptors (Lipinski definition) is 4. The van der Waals surface area contributed by atoms with Crippen LogP contribution >= 0.6 is 0 Å². The molecule has 0 spiro atoms. The SMILES string of the molecule is CC(Oc1ccc2ccccc2c1)C(=O)NNC(=O)c1cnn(C(C)C)c1C(F)(F)F. The number of carbonyl (C=O) groups is 2. The number of nitrogens with zero attached hydrogens (tertiary/aromatic N) is 2. The summed E-state index contributed by atoms with van der Waals surface area (Å²) in [6.45, 7) is 4.48. The number of hydrogen-bond donors (Lipinski definition) is 2. The van der Waals surface area contributed by atoms with Gasteiger partial charge in [0.05, 0.1) is 11.8 Å². The lowest BCUT2D eigenvalue weighted by molar-refractivity contribution is -0.145. The summed E-state index contributed by atoms with van der Waals surface area (Å²) >= 11 is 0. The first-order chi connectivity index (χ1) is 14.6. The Kier molecular flexibility index (Phi) is 6.19. The van der Waals surface area contributed by atoms with E-state index in [1.165, 1.54) is 20.8 Å². The number of alkyl halides is 3. The van der Waals surface area contributed by atoms with Crippen LogP contribution in [0.2, 0.25) is 0 Å². The normalized spacial score (nSPS) is 12.6. The molecule has 31 heavy (non-hydrogen) atoms. The lowest BCUT2D eigenvalue weighted by Gasteiger charge is -2.17. The first-order valence-electron chi connectivity index (χ1n) is 9.48. The van der Waals surface area contributed by atoms with Crippen molar-refractivity contribution in [3.8, 4) is 5.75 Å². The van der Waals surface area contributed by atoms with Gasteiger partial charge in [0.1, 0.15) is 5.75 Å². The maximum Gasteiger partial charge on any atom is 0.433 e. The van der Waals surface area contributed by atoms with E-state index in [0.29, 0.717) is 10.4 Å². The van der Waals surface area contributed by atoms with Gasteiger partial charge in [-0.3, -0.25) is 25.1 Å². The number of ether oxygens (including phenoxy) is 1. The minimum absolute atomic E-state index is 0.435. The highest BCUT2D eigenvalue weighted by Gasteiger charge is 2.40. The largest absolute Gasteiger partial charge is 0.481 e. The molecule has 3 rings (SSSR count). The number of benzene rings is 2. The van der Waals surface area contributed by atoms with Gasteiger partial charge in [0, 0.05) is 6.04 Å². The van der Waals surface area contributed by atoms with Crippen molar-refractivity contribution in [1.82, 2.24) is 20.6 Å². The fourth-order valence-corrected chi connectivity index (χ4v) is 2.99. The molecule has 0 aliphatic heterocycles. The van der Waals surface area contributed by atoms with Crippen LogP contribution in [-0.2, 0) is 11.0 Å². The molecule has 7 nitrogen and oxygen atoms in total. The molecule has 3 aromatic rings. The molecular formula is C21H21F3N4O3. The topological polar surface area (TPSA) is 85.2 Å². The summed E-state index contributed by atoms with van der Waals surface area (Å²) in [6, 6.07) is 12.3. The molecule has 164 valence electrons. The Hall–Kier alpha value is -3.56. The van der Waals surface area contributed by atoms with Crippen molar-refractivity contribution < 1.29 is 27.5 Å². The zero-order valence-corrected chi connectivity index (χ0v) is 17.0. The standard InChI is InChI=1S/C21H21F3N4O3/c1-12(2)28-18(21(22,23)24)17(11-25-28)20(30)27-26-19(29)13(3)31-16-9-8-14-6-4-5-7-15(14)10-16/h4-13H,1-3H3,(H,26,29)(H,27,30). The molecule has 1 heterocycles. The molecule has 2 amide bonds. The number of fused-ring (bicyclic) bond motifs is 1. The highest BCUT2D eigenvalue weighted by molar-refractivity contribution is 5.96. The predicted molar refractivity (Wildman–Crippen MR) is 107 cm³/mol. The van der Waals surface area contributed by atoms with E-state index in [0.717, 1.165) is 17.0 Å². The van der Waals surface area contributed by atoms with Crippen molar-refractivity contribution >= 4 is 22.6 Å². The van der Waals surface area contributed by atoms with Crippen LogP contribution in [0.25, 0.3) is 10.8 Å². The van der Waals surface area contributed by atoms with E-state index in [9.17, 15) is 22.8 Å². The summed E-state index contributed by atoms with van der Waals surface area (Å²) in [5.41, 5.74) is 2.20. The molecule has 2 N–H and O–H groups in total. The zero-order valence-electron chi connectivity index (χ0n) is 17.0. The summed E-state index contributed by atoms with van der Waals surface area (Å²) in [4.78, 5) is 24.5. The van der Waals surface area contributed by atoms with E-state index in [2.05, 4.69) is 10.5 Å². The van der Waals surface area contributed by atoms with Gasteiger partial charge in [0.15, 0.2) is 11.8 Å². The first kappa shape index (κ1) is 22.1. The van der Waals surface area contributed by atoms with Crippen molar-refractivity contribution in [1.29, 1.82) is 0 Å². The van der Waals surface area contributed by atoms with Crippen molar-refractivity contribution in [2.75, 3.05) is 0 Å². The third-order valence-electron chi connectivity index (χ3n) is 4.50. The maximum absolute atomic E-state index is 13.4. The Morgan fingerprint density at radius 1 is 1.03 bits per heavy atom. The summed E-state index contributed by atoms with van der Waals surface area (Å²) in [7, 11) is 0. The summed E-state index contributed by atoms with van der Waals surface area (Å²) in [5.74, 6) is -1.43. The Morgan fingerprint density at radius 2 is 1.71 bits per heavy atom. The van der Waals surface area contributed by atoms with Gasteiger partial charge in [0.25, 0.3) is 11.8 Å². The van der Waals surface area contributed by atoms with Crippen molar-refractivity contribution in [3.63, 3.8) is 0 Å². The molecule has 0 fully saturated rings. The van der Waals surface area contributed by atoms with Crippen molar-refractivity contribution in [2.24, 2.45) is 0 Å². The smallest absolute Gasteiger partial charge is 0.433 e. The third kappa shape index (κ3) is 4.96. The molecule has 0 radical (unpaired) electrons. The number of rotatable bonds is 5. The molecule has 0 aliphatic carbocycles. The minimum atomic E-state index is -4.79. The van der Waals surface area contributed by atoms with Gasteiger partial charge in [-0.15, -0.1) is 0 Å². The molecule has 0 saturated carbocycles. The van der Waals surface area contributed by atoms with Gasteiger partial charge < -0.3 is 4.74 Å². The molecule has 0 bridgehead atoms. The van der Waals surface area contributed by atoms with Gasteiger partial charge >= 0.3 is 6.18 Å². The Bertz CT molecular complexity index is 1110. The highest BCUT2D eigenvalue weighted by atomic mass is 19.4. The molecule has 1 aromatic heterocycles. The molecule has 1 unspecified atom stereocenters. The van der Waals surface area contributed by atoms with E-state index in [1.807, 2.05) is 35.8 Å². The van der Waals surface area contributed by atoms with E-state index in [4.69, 9.17) is 4.74 Å². The minimum Gasteiger partial charge on any atom is -0.481 e. The number of nitrogens with one attached hydrogen (secondary N) is 2. The maximum atomic E-state index is 13.4. The average molecular weight is 434 g/mol. The van der Waals surface area contributed by atoms with E-state index in [-0.39, 0.29) is 0 Å². The number of hydrazine groups is 1. The van der Waals surface area contributed by atoms with Gasteiger partial charge in [0.2, 0.25) is 0 Å². The van der Waals surface area contributed by atoms with Crippen LogP contribution in [0.1, 0.15) is 42.9 Å². The van der Waals surface area contributed by atoms with Crippen LogP contribution in [0.5, 0.6) is 5.75 Å². The van der Waals surface area contributed by atoms with E-state index in [1.54, 1.807) is 12.1 Å². The number of aromatic nitrogens is 2. The number of amides is 2. The molecule has 2 aromatic carbocycles. The monoisotopic (exact) mass is 434 g/mol. The molecule has 10 heteroatoms. The second-order valence-corrected chi connectivity index (χ2v) is 7.16. The predicted octanol–water partition coefficient (Wildman–Crippen LogP) is 3.86. The zero-order chi connectivity index (χ0) is 22.8.